The summed E-state index contributed by atoms with van der Waals surface area (Å²) in [4.78, 5) is 30.4. The number of thioether (sulfide) groups is 1. The molecule has 1 aromatic heterocycles. The van der Waals surface area contributed by atoms with E-state index < -0.39 is 4.92 Å². The minimum absolute atomic E-state index is 0.0367. The summed E-state index contributed by atoms with van der Waals surface area (Å²) in [5.41, 5.74) is 0. The van der Waals surface area contributed by atoms with Gasteiger partial charge in [-0.25, -0.2) is 9.55 Å². The molecule has 10 heteroatoms. The third-order valence-corrected chi connectivity index (χ3v) is 3.62. The van der Waals surface area contributed by atoms with Crippen LogP contribution in [0.1, 0.15) is 12.2 Å². The van der Waals surface area contributed by atoms with Gasteiger partial charge < -0.3 is 20.5 Å². The van der Waals surface area contributed by atoms with E-state index >= 15 is 0 Å². The average molecular weight is 311 g/mol. The van der Waals surface area contributed by atoms with Crippen molar-refractivity contribution in [3.8, 4) is 0 Å². The lowest BCUT2D eigenvalue weighted by Crippen LogP contribution is -2.20. The van der Waals surface area contributed by atoms with Crippen molar-refractivity contribution < 1.29 is 14.8 Å². The van der Waals surface area contributed by atoms with Crippen molar-refractivity contribution in [2.45, 2.75) is 6.42 Å². The van der Waals surface area contributed by atoms with Crippen molar-refractivity contribution in [3.05, 3.63) is 27.0 Å². The summed E-state index contributed by atoms with van der Waals surface area (Å²) in [6.45, 7) is 0.454. The molecule has 1 aliphatic heterocycles. The van der Waals surface area contributed by atoms with Gasteiger partial charge in [-0.3, -0.25) is 9.79 Å². The molecule has 0 atom stereocenters. The van der Waals surface area contributed by atoms with Crippen LogP contribution in [-0.4, -0.2) is 43.8 Å². The zero-order valence-electron chi connectivity index (χ0n) is 11.1. The minimum atomic E-state index is -0.543. The summed E-state index contributed by atoms with van der Waals surface area (Å²) in [5.74, 6) is -0.161. The molecule has 0 aliphatic carbocycles. The predicted octanol–water partition coefficient (Wildman–Crippen LogP) is 0.271. The van der Waals surface area contributed by atoms with Gasteiger partial charge in [0, 0.05) is 19.2 Å². The fraction of sp³-hybridized carbons (Fsp3) is 0.364. The van der Waals surface area contributed by atoms with Gasteiger partial charge in [0.1, 0.15) is 6.20 Å². The number of amidine groups is 1. The van der Waals surface area contributed by atoms with Crippen molar-refractivity contribution in [2.75, 3.05) is 13.2 Å². The van der Waals surface area contributed by atoms with Gasteiger partial charge in [0.05, 0.1) is 12.0 Å². The van der Waals surface area contributed by atoms with Crippen molar-refractivity contribution in [2.24, 2.45) is 12.0 Å². The minimum Gasteiger partial charge on any atom is -0.396 e. The highest BCUT2D eigenvalue weighted by Gasteiger charge is 2.25. The van der Waals surface area contributed by atoms with E-state index in [-0.39, 0.29) is 18.3 Å². The van der Waals surface area contributed by atoms with Gasteiger partial charge in [-0.1, -0.05) is 0 Å². The first-order valence-corrected chi connectivity index (χ1v) is 6.87. The summed E-state index contributed by atoms with van der Waals surface area (Å²) >= 11 is 1.14. The maximum atomic E-state index is 11.8. The zero-order chi connectivity index (χ0) is 15.4. The molecule has 0 saturated carbocycles. The largest absolute Gasteiger partial charge is 0.396 e. The van der Waals surface area contributed by atoms with Gasteiger partial charge in [-0.2, -0.15) is 0 Å². The lowest BCUT2D eigenvalue weighted by atomic mass is 10.4. The van der Waals surface area contributed by atoms with Gasteiger partial charge in [0.2, 0.25) is 5.82 Å². The second-order valence-corrected chi connectivity index (χ2v) is 5.15. The summed E-state index contributed by atoms with van der Waals surface area (Å²) in [7, 11) is 1.51. The number of aromatic nitrogens is 2. The Balaban J connectivity index is 2.17. The number of nitro groups is 1. The highest BCUT2D eigenvalue weighted by atomic mass is 32.2. The monoisotopic (exact) mass is 311 g/mol. The van der Waals surface area contributed by atoms with E-state index in [1.807, 2.05) is 0 Å². The third kappa shape index (κ3) is 3.47. The quantitative estimate of drug-likeness (QED) is 0.348. The van der Waals surface area contributed by atoms with Crippen LogP contribution in [0.4, 0.5) is 5.82 Å². The normalized spacial score (nSPS) is 18.5. The van der Waals surface area contributed by atoms with Crippen molar-refractivity contribution >= 4 is 34.7 Å². The smallest absolute Gasteiger partial charge is 0.342 e. The Hall–Kier alpha value is -2.20. The van der Waals surface area contributed by atoms with Crippen molar-refractivity contribution in [1.29, 1.82) is 0 Å². The predicted molar refractivity (Wildman–Crippen MR) is 77.6 cm³/mol. The second kappa shape index (κ2) is 6.50. The number of aliphatic hydroxyl groups is 1. The molecule has 2 heterocycles. The number of nitrogens with one attached hydrogen (secondary N) is 1. The summed E-state index contributed by atoms with van der Waals surface area (Å²) < 4.78 is 1.29. The molecule has 0 aromatic carbocycles. The van der Waals surface area contributed by atoms with Gasteiger partial charge in [0.15, 0.2) is 5.17 Å². The van der Waals surface area contributed by atoms with E-state index in [9.17, 15) is 14.9 Å². The fourth-order valence-corrected chi connectivity index (χ4v) is 2.40. The molecule has 1 saturated heterocycles. The number of hydrogen-bond donors (Lipinski definition) is 2. The van der Waals surface area contributed by atoms with Gasteiger partial charge in [-0.15, -0.1) is 0 Å². The van der Waals surface area contributed by atoms with Gasteiger partial charge in [-0.05, 0) is 23.1 Å². The molecule has 21 heavy (non-hydrogen) atoms. The number of nitrogens with zero attached hydrogens (tertiary/aromatic N) is 4. The molecular weight excluding hydrogens is 298 g/mol. The van der Waals surface area contributed by atoms with Crippen LogP contribution in [0, 0.1) is 10.1 Å². The van der Waals surface area contributed by atoms with Crippen LogP contribution in [0.5, 0.6) is 0 Å². The third-order valence-electron chi connectivity index (χ3n) is 2.67. The number of amides is 1. The lowest BCUT2D eigenvalue weighted by Gasteiger charge is -1.95. The zero-order valence-corrected chi connectivity index (χ0v) is 12.0. The van der Waals surface area contributed by atoms with E-state index in [1.54, 1.807) is 0 Å². The Morgan fingerprint density at radius 3 is 3.05 bits per heavy atom. The first kappa shape index (κ1) is 15.2. The maximum absolute atomic E-state index is 11.8. The van der Waals surface area contributed by atoms with Crippen LogP contribution in [0.25, 0.3) is 6.08 Å². The summed E-state index contributed by atoms with van der Waals surface area (Å²) in [5, 5.41) is 22.4. The number of carbonyl (C=O) groups excluding carboxylic acids is 1. The van der Waals surface area contributed by atoms with Crippen molar-refractivity contribution in [3.63, 3.8) is 0 Å². The second-order valence-electron chi connectivity index (χ2n) is 4.12. The van der Waals surface area contributed by atoms with Gasteiger partial charge >= 0.3 is 5.82 Å². The van der Waals surface area contributed by atoms with Crippen LogP contribution in [-0.2, 0) is 11.8 Å². The van der Waals surface area contributed by atoms with Crippen LogP contribution in [0.15, 0.2) is 16.1 Å². The van der Waals surface area contributed by atoms with E-state index in [0.29, 0.717) is 28.9 Å². The number of aliphatic imine (C=N–C) groups is 1. The lowest BCUT2D eigenvalue weighted by molar-refractivity contribution is -0.391. The molecule has 1 amide bonds. The van der Waals surface area contributed by atoms with E-state index in [1.165, 1.54) is 17.7 Å². The number of aliphatic hydroxyl groups excluding tert-OH is 1. The SMILES string of the molecule is Cn1c([N+](=O)[O-])cnc1/C=C1\SC(=NCCCO)NC1=O. The Morgan fingerprint density at radius 1 is 1.67 bits per heavy atom. The Bertz CT molecular complexity index is 637. The standard InChI is InChI=1S/C11H13N5O4S/c1-15-8(13-6-9(15)16(19)20)5-7-10(18)14-11(21-7)12-3-2-4-17/h5-6,17H,2-4H2,1H3,(H,12,14,18)/b7-5-. The molecule has 1 aliphatic rings. The fourth-order valence-electron chi connectivity index (χ4n) is 1.59. The van der Waals surface area contributed by atoms with E-state index in [0.717, 1.165) is 18.0 Å². The van der Waals surface area contributed by atoms with E-state index in [2.05, 4.69) is 15.3 Å². The Kier molecular flexibility index (Phi) is 4.70. The van der Waals surface area contributed by atoms with Crippen LogP contribution < -0.4 is 5.32 Å². The van der Waals surface area contributed by atoms with Crippen molar-refractivity contribution in [1.82, 2.24) is 14.9 Å². The molecule has 112 valence electrons. The molecule has 0 bridgehead atoms. The van der Waals surface area contributed by atoms with Crippen LogP contribution in [0.3, 0.4) is 0 Å². The highest BCUT2D eigenvalue weighted by Crippen LogP contribution is 2.26. The number of hydrogen-bond acceptors (Lipinski definition) is 7. The van der Waals surface area contributed by atoms with Gasteiger partial charge in [0.25, 0.3) is 5.91 Å². The summed E-state index contributed by atoms with van der Waals surface area (Å²) in [6.07, 6.45) is 3.13. The highest BCUT2D eigenvalue weighted by molar-refractivity contribution is 8.18. The Morgan fingerprint density at radius 2 is 2.43 bits per heavy atom. The molecule has 0 radical (unpaired) electrons. The number of imidazole rings is 1. The molecule has 9 nitrogen and oxygen atoms in total. The van der Waals surface area contributed by atoms with Crippen LogP contribution in [0.2, 0.25) is 0 Å². The first-order valence-electron chi connectivity index (χ1n) is 6.05. The molecule has 2 rings (SSSR count). The molecule has 2 N–H and O–H groups in total. The first-order chi connectivity index (χ1) is 10.0. The molecular formula is C11H13N5O4S. The molecule has 1 fully saturated rings. The summed E-state index contributed by atoms with van der Waals surface area (Å²) in [6, 6.07) is 0. The van der Waals surface area contributed by atoms with Crippen LogP contribution >= 0.6 is 11.8 Å². The maximum Gasteiger partial charge on any atom is 0.342 e. The average Bonchev–Trinajstić information content (AvgIpc) is 2.95. The van der Waals surface area contributed by atoms with E-state index in [4.69, 9.17) is 5.11 Å². The molecule has 1 aromatic rings. The number of rotatable bonds is 5. The Labute approximate surface area is 123 Å². The molecule has 0 spiro atoms. The molecule has 0 unspecified atom stereocenters. The topological polar surface area (TPSA) is 123 Å². The number of carbonyl (C=O) groups is 1.